The van der Waals surface area contributed by atoms with Crippen LogP contribution in [0.25, 0.3) is 0 Å². The zero-order valence-corrected chi connectivity index (χ0v) is 17.3. The fraction of sp³-hybridized carbons (Fsp3) is 0.667. The normalized spacial score (nSPS) is 21.4. The third kappa shape index (κ3) is 5.29. The Morgan fingerprint density at radius 3 is 2.38 bits per heavy atom. The van der Waals surface area contributed by atoms with Crippen molar-refractivity contribution in [2.75, 3.05) is 12.3 Å². The summed E-state index contributed by atoms with van der Waals surface area (Å²) in [5, 5.41) is 0. The van der Waals surface area contributed by atoms with Gasteiger partial charge in [0.05, 0.1) is 0 Å². The molecule has 0 bridgehead atoms. The van der Waals surface area contributed by atoms with Crippen molar-refractivity contribution in [1.29, 1.82) is 0 Å². The summed E-state index contributed by atoms with van der Waals surface area (Å²) < 4.78 is 11.8. The highest BCUT2D eigenvalue weighted by molar-refractivity contribution is 5.68. The zero-order valence-electron chi connectivity index (χ0n) is 17.3. The molecule has 1 heterocycles. The Bertz CT molecular complexity index is 644. The molecule has 1 aromatic rings. The van der Waals surface area contributed by atoms with E-state index in [1.54, 1.807) is 4.90 Å². The first kappa shape index (κ1) is 20.4. The van der Waals surface area contributed by atoms with Gasteiger partial charge in [0.1, 0.15) is 17.5 Å². The van der Waals surface area contributed by atoms with Crippen LogP contribution < -0.4 is 10.5 Å². The van der Waals surface area contributed by atoms with Crippen LogP contribution in [0.4, 0.5) is 10.5 Å². The first-order valence-corrected chi connectivity index (χ1v) is 9.43. The van der Waals surface area contributed by atoms with Crippen molar-refractivity contribution in [3.63, 3.8) is 0 Å². The van der Waals surface area contributed by atoms with Gasteiger partial charge in [-0.3, -0.25) is 0 Å². The molecule has 2 atom stereocenters. The summed E-state index contributed by atoms with van der Waals surface area (Å²) in [4.78, 5) is 14.2. The van der Waals surface area contributed by atoms with E-state index >= 15 is 0 Å². The molecule has 2 N–H and O–H groups in total. The minimum Gasteiger partial charge on any atom is -0.490 e. The Balaban J connectivity index is 2.07. The molecule has 146 valence electrons. The van der Waals surface area contributed by atoms with Crippen LogP contribution in [0.15, 0.2) is 18.2 Å². The highest BCUT2D eigenvalue weighted by Gasteiger charge is 2.33. The first-order chi connectivity index (χ1) is 11.9. The van der Waals surface area contributed by atoms with Gasteiger partial charge in [-0.25, -0.2) is 4.79 Å². The number of rotatable bonds is 2. The monoisotopic (exact) mass is 362 g/mol. The Morgan fingerprint density at radius 2 is 1.85 bits per heavy atom. The summed E-state index contributed by atoms with van der Waals surface area (Å²) in [5.41, 5.74) is 7.32. The lowest BCUT2D eigenvalue weighted by atomic mass is 9.86. The molecule has 1 aliphatic heterocycles. The van der Waals surface area contributed by atoms with E-state index in [4.69, 9.17) is 15.2 Å². The topological polar surface area (TPSA) is 64.8 Å². The van der Waals surface area contributed by atoms with Crippen molar-refractivity contribution in [1.82, 2.24) is 4.90 Å². The molecule has 1 aromatic carbocycles. The van der Waals surface area contributed by atoms with Crippen LogP contribution in [0, 0.1) is 0 Å². The van der Waals surface area contributed by atoms with E-state index in [2.05, 4.69) is 20.8 Å². The Morgan fingerprint density at radius 1 is 1.19 bits per heavy atom. The number of anilines is 1. The summed E-state index contributed by atoms with van der Waals surface area (Å²) in [6, 6.07) is 5.94. The molecule has 2 rings (SSSR count). The average molecular weight is 363 g/mol. The molecular formula is C21H34N2O3. The number of hydrogen-bond acceptors (Lipinski definition) is 4. The van der Waals surface area contributed by atoms with E-state index < -0.39 is 5.60 Å². The van der Waals surface area contributed by atoms with Crippen LogP contribution in [0.2, 0.25) is 0 Å². The molecule has 5 heteroatoms. The lowest BCUT2D eigenvalue weighted by molar-refractivity contribution is -0.00118. The van der Waals surface area contributed by atoms with Crippen molar-refractivity contribution in [2.24, 2.45) is 0 Å². The molecule has 0 saturated carbocycles. The average Bonchev–Trinajstić information content (AvgIpc) is 2.44. The number of piperidine rings is 1. The third-order valence-electron chi connectivity index (χ3n) is 4.56. The van der Waals surface area contributed by atoms with Gasteiger partial charge in [-0.2, -0.15) is 0 Å². The number of carbonyl (C=O) groups is 1. The number of nitrogens with zero attached hydrogens (tertiary/aromatic N) is 1. The van der Waals surface area contributed by atoms with Gasteiger partial charge in [-0.05, 0) is 44.7 Å². The van der Waals surface area contributed by atoms with Crippen LogP contribution in [-0.4, -0.2) is 35.3 Å². The molecule has 2 unspecified atom stereocenters. The maximum absolute atomic E-state index is 12.4. The van der Waals surface area contributed by atoms with Gasteiger partial charge in [-0.1, -0.05) is 26.8 Å². The van der Waals surface area contributed by atoms with Crippen molar-refractivity contribution in [3.05, 3.63) is 23.8 Å². The number of hydrogen-bond donors (Lipinski definition) is 1. The highest BCUT2D eigenvalue weighted by Crippen LogP contribution is 2.35. The lowest BCUT2D eigenvalue weighted by Gasteiger charge is -2.38. The number of nitrogens with two attached hydrogens (primary N) is 1. The van der Waals surface area contributed by atoms with Crippen molar-refractivity contribution >= 4 is 11.8 Å². The molecule has 0 aliphatic carbocycles. The standard InChI is InChI=1S/C21H34N2O3/c1-14-12-16(10-11-23(14)19(24)26-21(5,6)7)25-18-13-15(22)8-9-17(18)20(2,3)4/h8-9,13-14,16H,10-12,22H2,1-7H3. The maximum atomic E-state index is 12.4. The molecule has 1 saturated heterocycles. The SMILES string of the molecule is CC1CC(Oc2cc(N)ccc2C(C)(C)C)CCN1C(=O)OC(C)(C)C. The zero-order chi connectivity index (χ0) is 19.7. The predicted molar refractivity (Wildman–Crippen MR) is 106 cm³/mol. The minimum atomic E-state index is -0.479. The van der Waals surface area contributed by atoms with E-state index in [0.717, 1.165) is 24.2 Å². The first-order valence-electron chi connectivity index (χ1n) is 9.43. The summed E-state index contributed by atoms with van der Waals surface area (Å²) in [6.45, 7) is 14.8. The number of carbonyl (C=O) groups excluding carboxylic acids is 1. The van der Waals surface area contributed by atoms with Crippen molar-refractivity contribution < 1.29 is 14.3 Å². The second-order valence-corrected chi connectivity index (χ2v) is 9.29. The maximum Gasteiger partial charge on any atom is 0.410 e. The second kappa shape index (κ2) is 7.37. The van der Waals surface area contributed by atoms with E-state index in [0.29, 0.717) is 12.2 Å². The van der Waals surface area contributed by atoms with Gasteiger partial charge in [0, 0.05) is 37.2 Å². The quantitative estimate of drug-likeness (QED) is 0.772. The van der Waals surface area contributed by atoms with Gasteiger partial charge in [-0.15, -0.1) is 0 Å². The van der Waals surface area contributed by atoms with Gasteiger partial charge >= 0.3 is 6.09 Å². The van der Waals surface area contributed by atoms with Gasteiger partial charge in [0.2, 0.25) is 0 Å². The molecule has 0 radical (unpaired) electrons. The summed E-state index contributed by atoms with van der Waals surface area (Å²) in [6.07, 6.45) is 1.37. The summed E-state index contributed by atoms with van der Waals surface area (Å²) >= 11 is 0. The highest BCUT2D eigenvalue weighted by atomic mass is 16.6. The van der Waals surface area contributed by atoms with E-state index in [9.17, 15) is 4.79 Å². The van der Waals surface area contributed by atoms with Crippen molar-refractivity contribution in [3.8, 4) is 5.75 Å². The Hall–Kier alpha value is -1.91. The number of likely N-dealkylation sites (tertiary alicyclic amines) is 1. The molecule has 0 spiro atoms. The molecular weight excluding hydrogens is 328 g/mol. The molecule has 26 heavy (non-hydrogen) atoms. The third-order valence-corrected chi connectivity index (χ3v) is 4.56. The van der Waals surface area contributed by atoms with Gasteiger partial charge in [0.25, 0.3) is 0 Å². The van der Waals surface area contributed by atoms with Crippen LogP contribution >= 0.6 is 0 Å². The summed E-state index contributed by atoms with van der Waals surface area (Å²) in [7, 11) is 0. The Labute approximate surface area is 157 Å². The lowest BCUT2D eigenvalue weighted by Crippen LogP contribution is -2.49. The smallest absolute Gasteiger partial charge is 0.410 e. The van der Waals surface area contributed by atoms with Gasteiger partial charge < -0.3 is 20.1 Å². The van der Waals surface area contributed by atoms with E-state index in [1.165, 1.54) is 0 Å². The fourth-order valence-electron chi connectivity index (χ4n) is 3.26. The van der Waals surface area contributed by atoms with E-state index in [1.807, 2.05) is 45.9 Å². The number of ether oxygens (including phenoxy) is 2. The van der Waals surface area contributed by atoms with E-state index in [-0.39, 0.29) is 23.7 Å². The number of nitrogen functional groups attached to an aromatic ring is 1. The predicted octanol–water partition coefficient (Wildman–Crippen LogP) is 4.73. The van der Waals surface area contributed by atoms with Crippen LogP contribution in [-0.2, 0) is 10.2 Å². The number of benzene rings is 1. The second-order valence-electron chi connectivity index (χ2n) is 9.29. The minimum absolute atomic E-state index is 0.0220. The van der Waals surface area contributed by atoms with Crippen LogP contribution in [0.5, 0.6) is 5.75 Å². The summed E-state index contributed by atoms with van der Waals surface area (Å²) in [5.74, 6) is 0.848. The molecule has 1 amide bonds. The van der Waals surface area contributed by atoms with Gasteiger partial charge in [0.15, 0.2) is 0 Å². The number of amides is 1. The fourth-order valence-corrected chi connectivity index (χ4v) is 3.26. The van der Waals surface area contributed by atoms with Crippen LogP contribution in [0.1, 0.15) is 66.9 Å². The molecule has 5 nitrogen and oxygen atoms in total. The molecule has 1 aliphatic rings. The Kier molecular flexibility index (Phi) is 5.79. The van der Waals surface area contributed by atoms with Crippen molar-refractivity contribution in [2.45, 2.75) is 84.5 Å². The van der Waals surface area contributed by atoms with Crippen LogP contribution in [0.3, 0.4) is 0 Å². The largest absolute Gasteiger partial charge is 0.490 e. The molecule has 0 aromatic heterocycles. The molecule has 1 fully saturated rings.